The van der Waals surface area contributed by atoms with Gasteiger partial charge in [0.2, 0.25) is 5.91 Å². The predicted octanol–water partition coefficient (Wildman–Crippen LogP) is 1.65. The summed E-state index contributed by atoms with van der Waals surface area (Å²) in [6, 6.07) is 7.67. The third-order valence-corrected chi connectivity index (χ3v) is 6.63. The third kappa shape index (κ3) is 3.40. The first kappa shape index (κ1) is 18.9. The molecule has 1 fully saturated rings. The molecule has 0 radical (unpaired) electrons. The number of thioether (sulfide) groups is 1. The second kappa shape index (κ2) is 7.56. The Balaban J connectivity index is 1.63. The number of nitrogens with two attached hydrogens (primary N) is 1. The van der Waals surface area contributed by atoms with Crippen molar-refractivity contribution in [3.63, 3.8) is 0 Å². The van der Waals surface area contributed by atoms with Crippen LogP contribution in [0, 0.1) is 12.8 Å². The summed E-state index contributed by atoms with van der Waals surface area (Å²) < 4.78 is 6.69. The van der Waals surface area contributed by atoms with Gasteiger partial charge in [0.15, 0.2) is 5.16 Å². The number of carbonyl (C=O) groups excluding carboxylic acids is 2. The fourth-order valence-electron chi connectivity index (χ4n) is 3.94. The number of hydrogen-bond acceptors (Lipinski definition) is 7. The molecule has 1 amide bonds. The number of benzene rings is 1. The number of aryl methyl sites for hydroxylation is 1. The average molecular weight is 401 g/mol. The van der Waals surface area contributed by atoms with Crippen molar-refractivity contribution in [1.29, 1.82) is 0 Å². The molecule has 3 heterocycles. The van der Waals surface area contributed by atoms with Crippen LogP contribution in [0.3, 0.4) is 0 Å². The zero-order valence-corrected chi connectivity index (χ0v) is 16.7. The van der Waals surface area contributed by atoms with E-state index in [9.17, 15) is 9.59 Å². The quantitative estimate of drug-likeness (QED) is 0.812. The van der Waals surface area contributed by atoms with Crippen molar-refractivity contribution in [3.05, 3.63) is 35.7 Å². The van der Waals surface area contributed by atoms with Gasteiger partial charge in [0.05, 0.1) is 13.2 Å². The summed E-state index contributed by atoms with van der Waals surface area (Å²) in [7, 11) is 1.63. The predicted molar refractivity (Wildman–Crippen MR) is 104 cm³/mol. The number of amides is 1. The van der Waals surface area contributed by atoms with Crippen LogP contribution in [0.15, 0.2) is 29.4 Å². The molecule has 0 bridgehead atoms. The van der Waals surface area contributed by atoms with Crippen LogP contribution in [0.2, 0.25) is 0 Å². The molecule has 1 saturated heterocycles. The normalized spacial score (nSPS) is 21.5. The van der Waals surface area contributed by atoms with Crippen LogP contribution in [-0.4, -0.2) is 56.9 Å². The Hall–Kier alpha value is -2.39. The highest BCUT2D eigenvalue weighted by atomic mass is 32.2. The minimum Gasteiger partial charge on any atom is -0.497 e. The fourth-order valence-corrected chi connectivity index (χ4v) is 5.24. The SMILES string of the molecule is COc1ccc(C(C2Sc3nc(C)nn3C2=O)N2CCC(C(N)=O)CC2)cc1. The van der Waals surface area contributed by atoms with Crippen LogP contribution < -0.4 is 10.5 Å². The van der Waals surface area contributed by atoms with Gasteiger partial charge < -0.3 is 10.5 Å². The molecular weight excluding hydrogens is 378 g/mol. The zero-order valence-electron chi connectivity index (χ0n) is 15.9. The molecule has 2 aliphatic heterocycles. The third-order valence-electron chi connectivity index (χ3n) is 5.44. The molecule has 28 heavy (non-hydrogen) atoms. The minimum atomic E-state index is -0.339. The van der Waals surface area contributed by atoms with Gasteiger partial charge in [0.1, 0.15) is 16.8 Å². The summed E-state index contributed by atoms with van der Waals surface area (Å²) >= 11 is 1.45. The van der Waals surface area contributed by atoms with Crippen molar-refractivity contribution in [2.45, 2.75) is 36.2 Å². The Morgan fingerprint density at radius 1 is 1.29 bits per heavy atom. The molecule has 0 saturated carbocycles. The summed E-state index contributed by atoms with van der Waals surface area (Å²) in [5, 5.41) is 4.54. The molecule has 2 unspecified atom stereocenters. The minimum absolute atomic E-state index is 0.0570. The highest BCUT2D eigenvalue weighted by molar-refractivity contribution is 8.00. The van der Waals surface area contributed by atoms with E-state index < -0.39 is 0 Å². The first-order valence-electron chi connectivity index (χ1n) is 9.30. The maximum absolute atomic E-state index is 13.1. The highest BCUT2D eigenvalue weighted by Crippen LogP contribution is 2.42. The van der Waals surface area contributed by atoms with E-state index in [0.717, 1.165) is 11.3 Å². The van der Waals surface area contributed by atoms with E-state index in [1.807, 2.05) is 24.3 Å². The number of hydrogen-bond donors (Lipinski definition) is 1. The number of primary amides is 1. The van der Waals surface area contributed by atoms with E-state index in [0.29, 0.717) is 36.9 Å². The van der Waals surface area contributed by atoms with Gasteiger partial charge in [0.25, 0.3) is 5.91 Å². The number of likely N-dealkylation sites (tertiary alicyclic amines) is 1. The molecule has 0 aliphatic carbocycles. The van der Waals surface area contributed by atoms with Crippen LogP contribution >= 0.6 is 11.8 Å². The standard InChI is InChI=1S/C19H23N5O3S/c1-11-21-19-24(22-11)18(26)16(28-19)15(12-3-5-14(27-2)6-4-12)23-9-7-13(8-10-23)17(20)25/h3-6,13,15-16H,7-10H2,1-2H3,(H2,20,25). The lowest BCUT2D eigenvalue weighted by atomic mass is 9.92. The first-order chi connectivity index (χ1) is 13.5. The maximum atomic E-state index is 13.1. The van der Waals surface area contributed by atoms with Gasteiger partial charge in [0, 0.05) is 5.92 Å². The molecule has 148 valence electrons. The number of fused-ring (bicyclic) bond motifs is 1. The maximum Gasteiger partial charge on any atom is 0.264 e. The van der Waals surface area contributed by atoms with E-state index in [1.54, 1.807) is 14.0 Å². The van der Waals surface area contributed by atoms with Crippen molar-refractivity contribution in [1.82, 2.24) is 19.7 Å². The van der Waals surface area contributed by atoms with Crippen molar-refractivity contribution >= 4 is 23.6 Å². The van der Waals surface area contributed by atoms with E-state index in [4.69, 9.17) is 10.5 Å². The molecule has 2 N–H and O–H groups in total. The molecule has 4 rings (SSSR count). The number of aromatic nitrogens is 3. The van der Waals surface area contributed by atoms with Crippen LogP contribution in [-0.2, 0) is 4.79 Å². The van der Waals surface area contributed by atoms with Crippen LogP contribution in [0.25, 0.3) is 0 Å². The summed E-state index contributed by atoms with van der Waals surface area (Å²) in [6.07, 6.45) is 1.41. The topological polar surface area (TPSA) is 103 Å². The van der Waals surface area contributed by atoms with Gasteiger partial charge in [-0.1, -0.05) is 23.9 Å². The number of ether oxygens (including phenoxy) is 1. The van der Waals surface area contributed by atoms with Crippen LogP contribution in [0.1, 0.15) is 35.1 Å². The molecule has 1 aromatic heterocycles. The van der Waals surface area contributed by atoms with Crippen molar-refractivity contribution < 1.29 is 14.3 Å². The fraction of sp³-hybridized carbons (Fsp3) is 0.474. The first-order valence-corrected chi connectivity index (χ1v) is 10.2. The summed E-state index contributed by atoms with van der Waals surface area (Å²) in [5.74, 6) is 0.966. The molecule has 2 aromatic rings. The van der Waals surface area contributed by atoms with Gasteiger partial charge >= 0.3 is 0 Å². The summed E-state index contributed by atoms with van der Waals surface area (Å²) in [4.78, 5) is 31.3. The number of methoxy groups -OCH3 is 1. The average Bonchev–Trinajstić information content (AvgIpc) is 3.20. The Morgan fingerprint density at radius 3 is 2.54 bits per heavy atom. The van der Waals surface area contributed by atoms with E-state index in [2.05, 4.69) is 15.0 Å². The molecule has 2 aliphatic rings. The zero-order chi connectivity index (χ0) is 19.8. The smallest absolute Gasteiger partial charge is 0.264 e. The summed E-state index contributed by atoms with van der Waals surface area (Å²) in [6.45, 7) is 3.20. The van der Waals surface area contributed by atoms with Gasteiger partial charge in [-0.15, -0.1) is 5.10 Å². The van der Waals surface area contributed by atoms with E-state index >= 15 is 0 Å². The monoisotopic (exact) mass is 401 g/mol. The number of rotatable bonds is 5. The van der Waals surface area contributed by atoms with Gasteiger partial charge in [-0.3, -0.25) is 14.5 Å². The highest BCUT2D eigenvalue weighted by Gasteiger charge is 2.43. The molecule has 0 spiro atoms. The Bertz CT molecular complexity index is 889. The van der Waals surface area contributed by atoms with Gasteiger partial charge in [-0.25, -0.2) is 4.98 Å². The van der Waals surface area contributed by atoms with Crippen molar-refractivity contribution in [2.24, 2.45) is 11.7 Å². The number of carbonyl (C=O) groups is 2. The van der Waals surface area contributed by atoms with Crippen molar-refractivity contribution in [3.8, 4) is 5.75 Å². The van der Waals surface area contributed by atoms with E-state index in [-0.39, 0.29) is 29.0 Å². The lowest BCUT2D eigenvalue weighted by Gasteiger charge is -2.38. The molecule has 2 atom stereocenters. The molecule has 9 heteroatoms. The van der Waals surface area contributed by atoms with Gasteiger partial charge in [-0.2, -0.15) is 4.68 Å². The Labute approximate surface area is 167 Å². The van der Waals surface area contributed by atoms with Crippen LogP contribution in [0.4, 0.5) is 0 Å². The molecule has 1 aromatic carbocycles. The van der Waals surface area contributed by atoms with Gasteiger partial charge in [-0.05, 0) is 50.6 Å². The molecular formula is C19H23N5O3S. The number of piperidine rings is 1. The Kier molecular flexibility index (Phi) is 5.11. The lowest BCUT2D eigenvalue weighted by molar-refractivity contribution is -0.123. The van der Waals surface area contributed by atoms with Crippen molar-refractivity contribution in [2.75, 3.05) is 20.2 Å². The lowest BCUT2D eigenvalue weighted by Crippen LogP contribution is -2.45. The molecule has 8 nitrogen and oxygen atoms in total. The largest absolute Gasteiger partial charge is 0.497 e. The Morgan fingerprint density at radius 2 is 1.96 bits per heavy atom. The summed E-state index contributed by atoms with van der Waals surface area (Å²) in [5.41, 5.74) is 6.52. The number of nitrogens with zero attached hydrogens (tertiary/aromatic N) is 4. The van der Waals surface area contributed by atoms with Crippen LogP contribution in [0.5, 0.6) is 5.75 Å². The second-order valence-electron chi connectivity index (χ2n) is 7.16. The van der Waals surface area contributed by atoms with E-state index in [1.165, 1.54) is 16.4 Å². The second-order valence-corrected chi connectivity index (χ2v) is 8.27.